The van der Waals surface area contributed by atoms with Gasteiger partial charge in [-0.05, 0) is 30.5 Å². The molecule has 0 spiro atoms. The van der Waals surface area contributed by atoms with Crippen LogP contribution < -0.4 is 10.6 Å². The quantitative estimate of drug-likeness (QED) is 0.787. The highest BCUT2D eigenvalue weighted by atomic mass is 35.5. The van der Waals surface area contributed by atoms with Gasteiger partial charge in [-0.25, -0.2) is 4.39 Å². The average Bonchev–Trinajstić information content (AvgIpc) is 2.37. The Morgan fingerprint density at radius 2 is 1.90 bits per heavy atom. The van der Waals surface area contributed by atoms with Gasteiger partial charge >= 0.3 is 0 Å². The second-order valence-corrected chi connectivity index (χ2v) is 5.90. The Morgan fingerprint density at radius 1 is 1.25 bits per heavy atom. The molecule has 0 aliphatic rings. The first-order valence-corrected chi connectivity index (χ1v) is 7.21. The van der Waals surface area contributed by atoms with Crippen LogP contribution in [0.1, 0.15) is 32.4 Å². The zero-order chi connectivity index (χ0) is 15.3. The number of amides is 1. The normalized spacial score (nSPS) is 12.6. The monoisotopic (exact) mass is 320 g/mol. The summed E-state index contributed by atoms with van der Waals surface area (Å²) in [6.07, 6.45) is 0. The zero-order valence-corrected chi connectivity index (χ0v) is 13.3. The summed E-state index contributed by atoms with van der Waals surface area (Å²) in [6, 6.07) is 2.40. The third-order valence-corrected chi connectivity index (χ3v) is 3.40. The Kier molecular flexibility index (Phi) is 6.72. The highest BCUT2D eigenvalue weighted by molar-refractivity contribution is 6.35. The Balaban J connectivity index is 2.57. The fourth-order valence-electron chi connectivity index (χ4n) is 1.61. The van der Waals surface area contributed by atoms with Crippen molar-refractivity contribution in [3.8, 4) is 0 Å². The average molecular weight is 321 g/mol. The van der Waals surface area contributed by atoms with Gasteiger partial charge in [-0.2, -0.15) is 0 Å². The number of carbonyl (C=O) groups is 1. The highest BCUT2D eigenvalue weighted by Gasteiger charge is 2.14. The number of nitrogens with one attached hydrogen (secondary N) is 2. The van der Waals surface area contributed by atoms with Gasteiger partial charge in [0.05, 0.1) is 11.6 Å². The first kappa shape index (κ1) is 17.2. The minimum atomic E-state index is -0.524. The largest absolute Gasteiger partial charge is 0.355 e. The molecule has 0 radical (unpaired) electrons. The van der Waals surface area contributed by atoms with Crippen LogP contribution >= 0.6 is 23.2 Å². The molecule has 0 fully saturated rings. The van der Waals surface area contributed by atoms with E-state index < -0.39 is 5.82 Å². The van der Waals surface area contributed by atoms with Crippen LogP contribution in [0.15, 0.2) is 12.1 Å². The minimum absolute atomic E-state index is 0.0133. The van der Waals surface area contributed by atoms with Gasteiger partial charge in [-0.3, -0.25) is 4.79 Å². The number of carbonyl (C=O) groups excluding carboxylic acids is 1. The molecule has 0 saturated heterocycles. The van der Waals surface area contributed by atoms with Crippen LogP contribution in [0.2, 0.25) is 10.0 Å². The predicted octanol–water partition coefficient (Wildman–Crippen LogP) is 3.56. The lowest BCUT2D eigenvalue weighted by Gasteiger charge is -2.16. The van der Waals surface area contributed by atoms with Crippen molar-refractivity contribution in [1.29, 1.82) is 0 Å². The van der Waals surface area contributed by atoms with Gasteiger partial charge in [0.1, 0.15) is 5.82 Å². The molecular weight excluding hydrogens is 302 g/mol. The number of hydrogen-bond donors (Lipinski definition) is 2. The summed E-state index contributed by atoms with van der Waals surface area (Å²) < 4.78 is 13.4. The van der Waals surface area contributed by atoms with E-state index in [2.05, 4.69) is 10.6 Å². The SMILES string of the molecule is CC(C)CNC(=O)CN[C@@H](C)c1cc(F)c(Cl)cc1Cl. The van der Waals surface area contributed by atoms with Crippen molar-refractivity contribution in [2.45, 2.75) is 26.8 Å². The molecule has 0 bridgehead atoms. The summed E-state index contributed by atoms with van der Waals surface area (Å²) in [5, 5.41) is 6.16. The van der Waals surface area contributed by atoms with Crippen molar-refractivity contribution < 1.29 is 9.18 Å². The van der Waals surface area contributed by atoms with Crippen LogP contribution in [0.5, 0.6) is 0 Å². The van der Waals surface area contributed by atoms with E-state index in [-0.39, 0.29) is 23.5 Å². The first-order valence-electron chi connectivity index (χ1n) is 6.45. The van der Waals surface area contributed by atoms with Crippen LogP contribution in [0.25, 0.3) is 0 Å². The summed E-state index contributed by atoms with van der Waals surface area (Å²) in [4.78, 5) is 11.6. The van der Waals surface area contributed by atoms with Crippen molar-refractivity contribution >= 4 is 29.1 Å². The lowest BCUT2D eigenvalue weighted by molar-refractivity contribution is -0.120. The molecule has 1 atom stereocenters. The molecule has 0 saturated carbocycles. The van der Waals surface area contributed by atoms with Crippen LogP contribution in [0.4, 0.5) is 4.39 Å². The number of halogens is 3. The molecule has 0 aromatic heterocycles. The molecule has 0 heterocycles. The molecule has 0 aliphatic carbocycles. The van der Waals surface area contributed by atoms with Gasteiger partial charge in [-0.15, -0.1) is 0 Å². The van der Waals surface area contributed by atoms with Crippen molar-refractivity contribution in [2.75, 3.05) is 13.1 Å². The van der Waals surface area contributed by atoms with E-state index in [0.29, 0.717) is 23.0 Å². The van der Waals surface area contributed by atoms with Crippen LogP contribution in [-0.2, 0) is 4.79 Å². The fourth-order valence-corrected chi connectivity index (χ4v) is 2.15. The van der Waals surface area contributed by atoms with Crippen LogP contribution in [0, 0.1) is 11.7 Å². The standard InChI is InChI=1S/C14H19Cl2FN2O/c1-8(2)6-19-14(20)7-18-9(3)10-4-13(17)12(16)5-11(10)15/h4-5,8-9,18H,6-7H2,1-3H3,(H,19,20)/t9-/m0/s1. The molecule has 20 heavy (non-hydrogen) atoms. The summed E-state index contributed by atoms with van der Waals surface area (Å²) in [7, 11) is 0. The smallest absolute Gasteiger partial charge is 0.233 e. The number of rotatable bonds is 6. The van der Waals surface area contributed by atoms with Crippen LogP contribution in [0.3, 0.4) is 0 Å². The van der Waals surface area contributed by atoms with E-state index in [0.717, 1.165) is 0 Å². The molecule has 6 heteroatoms. The Labute approximate surface area is 128 Å². The van der Waals surface area contributed by atoms with E-state index >= 15 is 0 Å². The molecular formula is C14H19Cl2FN2O. The van der Waals surface area contributed by atoms with E-state index in [4.69, 9.17) is 23.2 Å². The van der Waals surface area contributed by atoms with Crippen molar-refractivity contribution in [3.05, 3.63) is 33.6 Å². The van der Waals surface area contributed by atoms with E-state index in [1.165, 1.54) is 12.1 Å². The Bertz CT molecular complexity index is 480. The summed E-state index contributed by atoms with van der Waals surface area (Å²) >= 11 is 11.7. The van der Waals surface area contributed by atoms with Gasteiger partial charge in [0.15, 0.2) is 0 Å². The van der Waals surface area contributed by atoms with E-state index in [1.54, 1.807) is 0 Å². The topological polar surface area (TPSA) is 41.1 Å². The fraction of sp³-hybridized carbons (Fsp3) is 0.500. The molecule has 2 N–H and O–H groups in total. The first-order chi connectivity index (χ1) is 9.31. The molecule has 1 amide bonds. The zero-order valence-electron chi connectivity index (χ0n) is 11.8. The van der Waals surface area contributed by atoms with Crippen molar-refractivity contribution in [2.24, 2.45) is 5.92 Å². The molecule has 1 aromatic rings. The van der Waals surface area contributed by atoms with Crippen molar-refractivity contribution in [3.63, 3.8) is 0 Å². The maximum absolute atomic E-state index is 13.4. The van der Waals surface area contributed by atoms with E-state index in [9.17, 15) is 9.18 Å². The molecule has 3 nitrogen and oxygen atoms in total. The second kappa shape index (κ2) is 7.81. The maximum atomic E-state index is 13.4. The third-order valence-electron chi connectivity index (χ3n) is 2.78. The van der Waals surface area contributed by atoms with E-state index in [1.807, 2.05) is 20.8 Å². The highest BCUT2D eigenvalue weighted by Crippen LogP contribution is 2.28. The maximum Gasteiger partial charge on any atom is 0.233 e. The molecule has 0 aliphatic heterocycles. The molecule has 1 aromatic carbocycles. The van der Waals surface area contributed by atoms with Gasteiger partial charge in [-0.1, -0.05) is 37.0 Å². The summed E-state index contributed by atoms with van der Waals surface area (Å²) in [5.74, 6) is -0.226. The molecule has 1 rings (SSSR count). The number of hydrogen-bond acceptors (Lipinski definition) is 2. The predicted molar refractivity (Wildman–Crippen MR) is 80.7 cm³/mol. The van der Waals surface area contributed by atoms with Crippen molar-refractivity contribution in [1.82, 2.24) is 10.6 Å². The van der Waals surface area contributed by atoms with Gasteiger partial charge in [0.2, 0.25) is 5.91 Å². The second-order valence-electron chi connectivity index (χ2n) is 5.09. The summed E-state index contributed by atoms with van der Waals surface area (Å²) in [5.41, 5.74) is 0.574. The van der Waals surface area contributed by atoms with Gasteiger partial charge < -0.3 is 10.6 Å². The third kappa shape index (κ3) is 5.27. The Hall–Kier alpha value is -0.840. The van der Waals surface area contributed by atoms with Gasteiger partial charge in [0, 0.05) is 17.6 Å². The minimum Gasteiger partial charge on any atom is -0.355 e. The lowest BCUT2D eigenvalue weighted by atomic mass is 10.1. The number of benzene rings is 1. The summed E-state index contributed by atoms with van der Waals surface area (Å²) in [6.45, 7) is 6.63. The molecule has 112 valence electrons. The molecule has 0 unspecified atom stereocenters. The van der Waals surface area contributed by atoms with Gasteiger partial charge in [0.25, 0.3) is 0 Å². The van der Waals surface area contributed by atoms with Crippen LogP contribution in [-0.4, -0.2) is 19.0 Å². The Morgan fingerprint density at radius 3 is 2.50 bits per heavy atom. The lowest BCUT2D eigenvalue weighted by Crippen LogP contribution is -2.36.